The van der Waals surface area contributed by atoms with E-state index in [1.54, 1.807) is 19.2 Å². The van der Waals surface area contributed by atoms with Crippen LogP contribution in [0.3, 0.4) is 0 Å². The zero-order valence-electron chi connectivity index (χ0n) is 12.9. The highest BCUT2D eigenvalue weighted by molar-refractivity contribution is 7.89. The molecular formula is C15H26N2O2S. The molecule has 114 valence electrons. The number of likely N-dealkylation sites (N-methyl/N-ethyl adjacent to an activating group) is 1. The van der Waals surface area contributed by atoms with Gasteiger partial charge in [-0.25, -0.2) is 8.42 Å². The molecular weight excluding hydrogens is 272 g/mol. The van der Waals surface area contributed by atoms with Gasteiger partial charge in [-0.3, -0.25) is 0 Å². The van der Waals surface area contributed by atoms with Crippen LogP contribution >= 0.6 is 0 Å². The van der Waals surface area contributed by atoms with Gasteiger partial charge in [0.1, 0.15) is 0 Å². The van der Waals surface area contributed by atoms with E-state index in [0.717, 1.165) is 31.4 Å². The van der Waals surface area contributed by atoms with Crippen LogP contribution in [0.5, 0.6) is 0 Å². The molecule has 1 rings (SSSR count). The zero-order valence-corrected chi connectivity index (χ0v) is 13.7. The van der Waals surface area contributed by atoms with Crippen LogP contribution < -0.4 is 5.32 Å². The number of nitrogens with zero attached hydrogens (tertiary/aromatic N) is 1. The number of sulfonamides is 1. The average molecular weight is 298 g/mol. The van der Waals surface area contributed by atoms with Crippen molar-refractivity contribution in [2.45, 2.75) is 44.0 Å². The molecule has 0 bridgehead atoms. The predicted octanol–water partition coefficient (Wildman–Crippen LogP) is 2.26. The molecule has 0 unspecified atom stereocenters. The third-order valence-corrected chi connectivity index (χ3v) is 5.65. The Morgan fingerprint density at radius 1 is 1.15 bits per heavy atom. The highest BCUT2D eigenvalue weighted by Gasteiger charge is 2.25. The molecule has 0 aromatic heterocycles. The van der Waals surface area contributed by atoms with E-state index < -0.39 is 10.0 Å². The maximum Gasteiger partial charge on any atom is 0.243 e. The largest absolute Gasteiger partial charge is 0.319 e. The molecule has 0 radical (unpaired) electrons. The molecule has 0 fully saturated rings. The first-order valence-electron chi connectivity index (χ1n) is 7.18. The summed E-state index contributed by atoms with van der Waals surface area (Å²) in [7, 11) is 0.193. The van der Waals surface area contributed by atoms with Gasteiger partial charge in [-0.15, -0.1) is 0 Å². The van der Waals surface area contributed by atoms with E-state index in [2.05, 4.69) is 5.32 Å². The van der Waals surface area contributed by atoms with Crippen molar-refractivity contribution >= 4 is 10.0 Å². The lowest BCUT2D eigenvalue weighted by atomic mass is 10.1. The fourth-order valence-electron chi connectivity index (χ4n) is 2.26. The van der Waals surface area contributed by atoms with Crippen molar-refractivity contribution < 1.29 is 8.42 Å². The van der Waals surface area contributed by atoms with Crippen LogP contribution in [0.25, 0.3) is 0 Å². The fraction of sp³-hybridized carbons (Fsp3) is 0.600. The molecule has 5 heteroatoms. The van der Waals surface area contributed by atoms with Crippen LogP contribution in [0, 0.1) is 0 Å². The van der Waals surface area contributed by atoms with Gasteiger partial charge in [-0.2, -0.15) is 4.31 Å². The van der Waals surface area contributed by atoms with E-state index in [1.165, 1.54) is 4.31 Å². The minimum Gasteiger partial charge on any atom is -0.319 e. The Labute approximate surface area is 123 Å². The van der Waals surface area contributed by atoms with Crippen LogP contribution in [-0.2, 0) is 16.4 Å². The standard InChI is InChI=1S/C15H26N2O2S/c1-5-14(6-2)17(4)20(18,19)15-9-7-13(8-10-15)11-12-16-3/h7-10,14,16H,5-6,11-12H2,1-4H3. The molecule has 0 aliphatic rings. The van der Waals surface area contributed by atoms with Crippen molar-refractivity contribution in [3.63, 3.8) is 0 Å². The maximum atomic E-state index is 12.5. The molecule has 1 aromatic carbocycles. The Morgan fingerprint density at radius 3 is 2.15 bits per heavy atom. The van der Waals surface area contributed by atoms with Gasteiger partial charge in [0.05, 0.1) is 4.90 Å². The summed E-state index contributed by atoms with van der Waals surface area (Å²) in [5.41, 5.74) is 1.14. The Hall–Kier alpha value is -0.910. The summed E-state index contributed by atoms with van der Waals surface area (Å²) in [6, 6.07) is 7.26. The summed E-state index contributed by atoms with van der Waals surface area (Å²) in [5, 5.41) is 3.08. The number of hydrogen-bond donors (Lipinski definition) is 1. The summed E-state index contributed by atoms with van der Waals surface area (Å²) < 4.78 is 26.6. The van der Waals surface area contributed by atoms with Gasteiger partial charge < -0.3 is 5.32 Å². The first-order chi connectivity index (χ1) is 9.47. The van der Waals surface area contributed by atoms with Gasteiger partial charge in [0.25, 0.3) is 0 Å². The second kappa shape index (κ2) is 7.76. The highest BCUT2D eigenvalue weighted by atomic mass is 32.2. The zero-order chi connectivity index (χ0) is 15.2. The second-order valence-corrected chi connectivity index (χ2v) is 6.99. The highest BCUT2D eigenvalue weighted by Crippen LogP contribution is 2.20. The van der Waals surface area contributed by atoms with Crippen molar-refractivity contribution in [2.75, 3.05) is 20.6 Å². The van der Waals surface area contributed by atoms with Crippen molar-refractivity contribution in [2.24, 2.45) is 0 Å². The molecule has 0 atom stereocenters. The number of nitrogens with one attached hydrogen (secondary N) is 1. The average Bonchev–Trinajstić information content (AvgIpc) is 2.46. The van der Waals surface area contributed by atoms with Crippen LogP contribution in [0.15, 0.2) is 29.2 Å². The molecule has 1 N–H and O–H groups in total. The van der Waals surface area contributed by atoms with Gasteiger partial charge in [0.15, 0.2) is 0 Å². The topological polar surface area (TPSA) is 49.4 Å². The van der Waals surface area contributed by atoms with E-state index >= 15 is 0 Å². The molecule has 0 saturated heterocycles. The van der Waals surface area contributed by atoms with Gasteiger partial charge in [0.2, 0.25) is 10.0 Å². The Morgan fingerprint density at radius 2 is 1.70 bits per heavy atom. The van der Waals surface area contributed by atoms with E-state index in [0.29, 0.717) is 4.90 Å². The SMILES string of the molecule is CCC(CC)N(C)S(=O)(=O)c1ccc(CCNC)cc1. The lowest BCUT2D eigenvalue weighted by Crippen LogP contribution is -2.36. The van der Waals surface area contributed by atoms with Crippen LogP contribution in [-0.4, -0.2) is 39.4 Å². The predicted molar refractivity (Wildman–Crippen MR) is 83.4 cm³/mol. The fourth-order valence-corrected chi connectivity index (χ4v) is 3.77. The normalized spacial score (nSPS) is 12.3. The molecule has 20 heavy (non-hydrogen) atoms. The Kier molecular flexibility index (Phi) is 6.65. The van der Waals surface area contributed by atoms with Gasteiger partial charge in [-0.1, -0.05) is 26.0 Å². The third-order valence-electron chi connectivity index (χ3n) is 3.72. The first kappa shape index (κ1) is 17.1. The quantitative estimate of drug-likeness (QED) is 0.801. The van der Waals surface area contributed by atoms with Gasteiger partial charge >= 0.3 is 0 Å². The van der Waals surface area contributed by atoms with Crippen LogP contribution in [0.2, 0.25) is 0 Å². The third kappa shape index (κ3) is 4.04. The number of rotatable bonds is 8. The lowest BCUT2D eigenvalue weighted by molar-refractivity contribution is 0.349. The molecule has 0 heterocycles. The van der Waals surface area contributed by atoms with Crippen molar-refractivity contribution in [3.05, 3.63) is 29.8 Å². The van der Waals surface area contributed by atoms with Gasteiger partial charge in [0, 0.05) is 13.1 Å². The van der Waals surface area contributed by atoms with Crippen molar-refractivity contribution in [1.82, 2.24) is 9.62 Å². The van der Waals surface area contributed by atoms with E-state index in [-0.39, 0.29) is 6.04 Å². The monoisotopic (exact) mass is 298 g/mol. The minimum absolute atomic E-state index is 0.0592. The number of benzene rings is 1. The summed E-state index contributed by atoms with van der Waals surface area (Å²) in [4.78, 5) is 0.375. The van der Waals surface area contributed by atoms with Crippen LogP contribution in [0.1, 0.15) is 32.3 Å². The molecule has 1 aromatic rings. The summed E-state index contributed by atoms with van der Waals surface area (Å²) in [5.74, 6) is 0. The summed E-state index contributed by atoms with van der Waals surface area (Å²) >= 11 is 0. The van der Waals surface area contributed by atoms with E-state index in [4.69, 9.17) is 0 Å². The molecule has 0 saturated carbocycles. The number of hydrogen-bond acceptors (Lipinski definition) is 3. The summed E-state index contributed by atoms with van der Waals surface area (Å²) in [6.07, 6.45) is 2.55. The summed E-state index contributed by atoms with van der Waals surface area (Å²) in [6.45, 7) is 4.92. The van der Waals surface area contributed by atoms with Crippen molar-refractivity contribution in [3.8, 4) is 0 Å². The minimum atomic E-state index is -3.38. The maximum absolute atomic E-state index is 12.5. The van der Waals surface area contributed by atoms with Crippen molar-refractivity contribution in [1.29, 1.82) is 0 Å². The van der Waals surface area contributed by atoms with E-state index in [1.807, 2.05) is 33.0 Å². The second-order valence-electron chi connectivity index (χ2n) is 4.99. The van der Waals surface area contributed by atoms with Crippen LogP contribution in [0.4, 0.5) is 0 Å². The molecule has 0 spiro atoms. The smallest absolute Gasteiger partial charge is 0.243 e. The molecule has 0 aliphatic heterocycles. The molecule has 0 amide bonds. The lowest BCUT2D eigenvalue weighted by Gasteiger charge is -2.25. The molecule has 4 nitrogen and oxygen atoms in total. The first-order valence-corrected chi connectivity index (χ1v) is 8.62. The van der Waals surface area contributed by atoms with E-state index in [9.17, 15) is 8.42 Å². The Balaban J connectivity index is 2.92. The molecule has 0 aliphatic carbocycles. The Bertz CT molecular complexity index is 493. The van der Waals surface area contributed by atoms with Gasteiger partial charge in [-0.05, 0) is 50.6 Å².